The fourth-order valence-corrected chi connectivity index (χ4v) is 7.14. The summed E-state index contributed by atoms with van der Waals surface area (Å²) in [6.45, 7) is 0. The molecule has 0 amide bonds. The van der Waals surface area contributed by atoms with Gasteiger partial charge in [0.25, 0.3) is 0 Å². The van der Waals surface area contributed by atoms with Crippen LogP contribution in [0.4, 0.5) is 0 Å². The molecule has 0 nitrogen and oxygen atoms in total. The molecule has 0 atom stereocenters. The first-order chi connectivity index (χ1) is 22.8. The molecule has 0 saturated carbocycles. The maximum absolute atomic E-state index is 2.31. The lowest BCUT2D eigenvalue weighted by atomic mass is 9.90. The molecular weight excluding hydrogens is 553 g/mol. The van der Waals surface area contributed by atoms with E-state index in [2.05, 4.69) is 182 Å². The van der Waals surface area contributed by atoms with Crippen molar-refractivity contribution in [2.45, 2.75) is 0 Å². The van der Waals surface area contributed by atoms with Crippen LogP contribution in [0.3, 0.4) is 0 Å². The highest BCUT2D eigenvalue weighted by Gasteiger charge is 2.11. The Kier molecular flexibility index (Phi) is 6.25. The Bertz CT molecular complexity index is 2550. The van der Waals surface area contributed by atoms with Crippen LogP contribution in [-0.4, -0.2) is 0 Å². The molecule has 0 radical (unpaired) electrons. The molecule has 0 fully saturated rings. The van der Waals surface area contributed by atoms with Gasteiger partial charge in [0.1, 0.15) is 0 Å². The summed E-state index contributed by atoms with van der Waals surface area (Å²) in [7, 11) is 0. The molecule has 0 aliphatic rings. The molecule has 0 aliphatic heterocycles. The van der Waals surface area contributed by atoms with Crippen LogP contribution in [0.25, 0.3) is 87.6 Å². The molecule has 214 valence electrons. The van der Waals surface area contributed by atoms with Gasteiger partial charge in [0.15, 0.2) is 0 Å². The summed E-state index contributed by atoms with van der Waals surface area (Å²) in [5.74, 6) is 0. The second-order valence-corrected chi connectivity index (χ2v) is 12.1. The summed E-state index contributed by atoms with van der Waals surface area (Å²) in [6, 6.07) is 66.5. The van der Waals surface area contributed by atoms with Gasteiger partial charge in [-0.05, 0) is 93.7 Å². The molecule has 0 N–H and O–H groups in total. The lowest BCUT2D eigenvalue weighted by Gasteiger charge is -2.14. The third-order valence-electron chi connectivity index (χ3n) is 9.49. The highest BCUT2D eigenvalue weighted by Crippen LogP contribution is 2.38. The van der Waals surface area contributed by atoms with E-state index < -0.39 is 0 Å². The standard InChI is InChI=1S/C46H30/c1-3-11-39-32(8-1)10-7-15-41(39)34-20-22-36(23-21-34)43-29-28-42(45-13-5-6-14-46(43)45)35-18-16-31(17-19-35)37-26-27-44-38(30-37)25-24-33-9-2-4-12-40(33)44/h1-30H. The van der Waals surface area contributed by atoms with E-state index in [1.807, 2.05) is 0 Å². The van der Waals surface area contributed by atoms with Crippen molar-refractivity contribution >= 4 is 43.1 Å². The van der Waals surface area contributed by atoms with Gasteiger partial charge in [-0.3, -0.25) is 0 Å². The molecule has 9 aromatic carbocycles. The van der Waals surface area contributed by atoms with Crippen LogP contribution in [0.15, 0.2) is 182 Å². The van der Waals surface area contributed by atoms with E-state index >= 15 is 0 Å². The van der Waals surface area contributed by atoms with E-state index in [0.29, 0.717) is 0 Å². The van der Waals surface area contributed by atoms with Crippen molar-refractivity contribution < 1.29 is 0 Å². The molecule has 0 saturated heterocycles. The van der Waals surface area contributed by atoms with Gasteiger partial charge < -0.3 is 0 Å². The summed E-state index contributed by atoms with van der Waals surface area (Å²) in [5, 5.41) is 10.2. The van der Waals surface area contributed by atoms with E-state index in [1.54, 1.807) is 0 Å². The van der Waals surface area contributed by atoms with E-state index in [4.69, 9.17) is 0 Å². The smallest absolute Gasteiger partial charge is 0.00992 e. The second-order valence-electron chi connectivity index (χ2n) is 12.1. The molecule has 0 bridgehead atoms. The molecule has 9 aromatic rings. The van der Waals surface area contributed by atoms with E-state index in [1.165, 1.54) is 87.6 Å². The molecular formula is C46H30. The zero-order valence-corrected chi connectivity index (χ0v) is 25.3. The monoisotopic (exact) mass is 582 g/mol. The highest BCUT2D eigenvalue weighted by molar-refractivity contribution is 6.09. The molecule has 0 unspecified atom stereocenters. The predicted octanol–water partition coefficient (Wildman–Crippen LogP) is 13.0. The Morgan fingerprint density at radius 1 is 0.196 bits per heavy atom. The zero-order chi connectivity index (χ0) is 30.5. The summed E-state index contributed by atoms with van der Waals surface area (Å²) >= 11 is 0. The van der Waals surface area contributed by atoms with Gasteiger partial charge in [0, 0.05) is 0 Å². The first-order valence-corrected chi connectivity index (χ1v) is 15.9. The predicted molar refractivity (Wildman–Crippen MR) is 198 cm³/mol. The normalized spacial score (nSPS) is 11.5. The Morgan fingerprint density at radius 2 is 0.609 bits per heavy atom. The van der Waals surface area contributed by atoms with Gasteiger partial charge in [-0.1, -0.05) is 176 Å². The van der Waals surface area contributed by atoms with Crippen molar-refractivity contribution in [1.82, 2.24) is 0 Å². The third-order valence-corrected chi connectivity index (χ3v) is 9.49. The van der Waals surface area contributed by atoms with Crippen molar-refractivity contribution in [2.24, 2.45) is 0 Å². The Labute approximate surface area is 268 Å². The maximum Gasteiger partial charge on any atom is -0.00992 e. The first kappa shape index (κ1) is 26.4. The second kappa shape index (κ2) is 10.9. The van der Waals surface area contributed by atoms with Crippen molar-refractivity contribution in [1.29, 1.82) is 0 Å². The summed E-state index contributed by atoms with van der Waals surface area (Å²) in [5.41, 5.74) is 9.93. The van der Waals surface area contributed by atoms with Crippen LogP contribution in [-0.2, 0) is 0 Å². The Balaban J connectivity index is 1.06. The fourth-order valence-electron chi connectivity index (χ4n) is 7.14. The first-order valence-electron chi connectivity index (χ1n) is 15.9. The zero-order valence-electron chi connectivity index (χ0n) is 25.3. The van der Waals surface area contributed by atoms with Crippen LogP contribution in [0, 0.1) is 0 Å². The molecule has 0 aliphatic carbocycles. The quantitative estimate of drug-likeness (QED) is 0.181. The van der Waals surface area contributed by atoms with Gasteiger partial charge in [-0.2, -0.15) is 0 Å². The molecule has 0 aromatic heterocycles. The number of rotatable bonds is 4. The minimum absolute atomic E-state index is 1.23. The summed E-state index contributed by atoms with van der Waals surface area (Å²) < 4.78 is 0. The maximum atomic E-state index is 2.31. The minimum atomic E-state index is 1.23. The van der Waals surface area contributed by atoms with Gasteiger partial charge >= 0.3 is 0 Å². The molecule has 0 heteroatoms. The minimum Gasteiger partial charge on any atom is -0.0616 e. The van der Waals surface area contributed by atoms with Gasteiger partial charge in [0.2, 0.25) is 0 Å². The molecule has 0 heterocycles. The van der Waals surface area contributed by atoms with E-state index in [9.17, 15) is 0 Å². The molecule has 46 heavy (non-hydrogen) atoms. The van der Waals surface area contributed by atoms with Gasteiger partial charge in [-0.15, -0.1) is 0 Å². The van der Waals surface area contributed by atoms with Crippen molar-refractivity contribution in [2.75, 3.05) is 0 Å². The average molecular weight is 583 g/mol. The number of hydrogen-bond acceptors (Lipinski definition) is 0. The van der Waals surface area contributed by atoms with Crippen molar-refractivity contribution in [3.63, 3.8) is 0 Å². The highest BCUT2D eigenvalue weighted by atomic mass is 14.2. The number of fused-ring (bicyclic) bond motifs is 5. The SMILES string of the molecule is c1ccc2c(-c3ccc(-c4ccc(-c5ccc(-c6ccc7c(ccc8ccccc87)c6)cc5)c5ccccc45)cc3)cccc2c1. The lowest BCUT2D eigenvalue weighted by Crippen LogP contribution is -1.87. The number of benzene rings is 9. The van der Waals surface area contributed by atoms with Crippen LogP contribution in [0.1, 0.15) is 0 Å². The van der Waals surface area contributed by atoms with Crippen LogP contribution >= 0.6 is 0 Å². The third kappa shape index (κ3) is 4.47. The van der Waals surface area contributed by atoms with E-state index in [0.717, 1.165) is 0 Å². The summed E-state index contributed by atoms with van der Waals surface area (Å²) in [6.07, 6.45) is 0. The molecule has 0 spiro atoms. The summed E-state index contributed by atoms with van der Waals surface area (Å²) in [4.78, 5) is 0. The van der Waals surface area contributed by atoms with Crippen LogP contribution in [0.2, 0.25) is 0 Å². The van der Waals surface area contributed by atoms with Crippen molar-refractivity contribution in [3.8, 4) is 44.5 Å². The lowest BCUT2D eigenvalue weighted by molar-refractivity contribution is 1.60. The van der Waals surface area contributed by atoms with Gasteiger partial charge in [0.05, 0.1) is 0 Å². The Morgan fingerprint density at radius 3 is 1.24 bits per heavy atom. The average Bonchev–Trinajstić information content (AvgIpc) is 3.14. The Hall–Kier alpha value is -5.98. The van der Waals surface area contributed by atoms with Gasteiger partial charge in [-0.25, -0.2) is 0 Å². The topological polar surface area (TPSA) is 0 Å². The fraction of sp³-hybridized carbons (Fsp3) is 0. The van der Waals surface area contributed by atoms with Crippen LogP contribution < -0.4 is 0 Å². The molecule has 9 rings (SSSR count). The largest absolute Gasteiger partial charge is 0.0616 e. The van der Waals surface area contributed by atoms with E-state index in [-0.39, 0.29) is 0 Å². The van der Waals surface area contributed by atoms with Crippen LogP contribution in [0.5, 0.6) is 0 Å². The van der Waals surface area contributed by atoms with Crippen molar-refractivity contribution in [3.05, 3.63) is 182 Å². The number of hydrogen-bond donors (Lipinski definition) is 0.